The van der Waals surface area contributed by atoms with Crippen LogP contribution in [-0.4, -0.2) is 50.8 Å². The molecule has 0 atom stereocenters. The van der Waals surface area contributed by atoms with Crippen LogP contribution in [0.2, 0.25) is 0 Å². The number of nitrogen functional groups attached to an aromatic ring is 1. The molecular weight excluding hydrogens is 270 g/mol. The maximum atomic E-state index is 12.1. The zero-order valence-corrected chi connectivity index (χ0v) is 12.6. The molecule has 0 saturated heterocycles. The highest BCUT2D eigenvalue weighted by molar-refractivity contribution is 5.95. The van der Waals surface area contributed by atoms with Gasteiger partial charge in [0.1, 0.15) is 5.75 Å². The maximum absolute atomic E-state index is 12.1. The molecule has 0 heterocycles. The fraction of sp³-hybridized carbons (Fsp3) is 0.533. The van der Waals surface area contributed by atoms with Gasteiger partial charge in [-0.3, -0.25) is 9.69 Å². The number of methoxy groups -OCH3 is 2. The first-order valence-corrected chi connectivity index (χ1v) is 7.10. The molecule has 0 radical (unpaired) electrons. The zero-order valence-electron chi connectivity index (χ0n) is 12.6. The van der Waals surface area contributed by atoms with E-state index in [0.717, 1.165) is 19.4 Å². The van der Waals surface area contributed by atoms with E-state index in [1.54, 1.807) is 32.4 Å². The van der Waals surface area contributed by atoms with Crippen LogP contribution in [-0.2, 0) is 9.53 Å². The first-order chi connectivity index (χ1) is 10.1. The van der Waals surface area contributed by atoms with Crippen molar-refractivity contribution in [1.82, 2.24) is 4.90 Å². The van der Waals surface area contributed by atoms with Crippen molar-refractivity contribution >= 4 is 17.3 Å². The Morgan fingerprint density at radius 2 is 2.19 bits per heavy atom. The summed E-state index contributed by atoms with van der Waals surface area (Å²) < 4.78 is 10.2. The van der Waals surface area contributed by atoms with Crippen LogP contribution < -0.4 is 15.8 Å². The normalized spacial score (nSPS) is 14.2. The predicted octanol–water partition coefficient (Wildman–Crippen LogP) is 1.33. The molecule has 0 aliphatic heterocycles. The average molecular weight is 293 g/mol. The van der Waals surface area contributed by atoms with E-state index < -0.39 is 0 Å². The summed E-state index contributed by atoms with van der Waals surface area (Å²) in [5.74, 6) is 0.611. The van der Waals surface area contributed by atoms with Crippen LogP contribution in [0.1, 0.15) is 12.8 Å². The molecule has 21 heavy (non-hydrogen) atoms. The standard InChI is InChI=1S/C15H23N3O3/c1-20-8-7-18(11-3-4-11)10-15(19)17-14-6-5-12(21-2)9-13(14)16/h5-6,9,11H,3-4,7-8,10,16H2,1-2H3,(H,17,19). The Hall–Kier alpha value is -1.79. The number of rotatable bonds is 8. The molecule has 0 bridgehead atoms. The van der Waals surface area contributed by atoms with Crippen molar-refractivity contribution in [2.24, 2.45) is 0 Å². The topological polar surface area (TPSA) is 76.8 Å². The van der Waals surface area contributed by atoms with Gasteiger partial charge < -0.3 is 20.5 Å². The van der Waals surface area contributed by atoms with Crippen LogP contribution in [0.15, 0.2) is 18.2 Å². The fourth-order valence-electron chi connectivity index (χ4n) is 2.19. The lowest BCUT2D eigenvalue weighted by Crippen LogP contribution is -2.37. The van der Waals surface area contributed by atoms with Gasteiger partial charge in [-0.2, -0.15) is 0 Å². The second kappa shape index (κ2) is 7.28. The summed E-state index contributed by atoms with van der Waals surface area (Å²) in [5.41, 5.74) is 7.01. The van der Waals surface area contributed by atoms with Gasteiger partial charge in [0, 0.05) is 25.8 Å². The molecule has 6 heteroatoms. The lowest BCUT2D eigenvalue weighted by atomic mass is 10.2. The number of hydrogen-bond acceptors (Lipinski definition) is 5. The Kier molecular flexibility index (Phi) is 5.41. The first-order valence-electron chi connectivity index (χ1n) is 7.10. The minimum absolute atomic E-state index is 0.0603. The van der Waals surface area contributed by atoms with E-state index in [4.69, 9.17) is 15.2 Å². The summed E-state index contributed by atoms with van der Waals surface area (Å²) in [6.07, 6.45) is 2.31. The van der Waals surface area contributed by atoms with Gasteiger partial charge in [-0.25, -0.2) is 0 Å². The van der Waals surface area contributed by atoms with Crippen molar-refractivity contribution in [3.8, 4) is 5.75 Å². The maximum Gasteiger partial charge on any atom is 0.238 e. The number of nitrogens with one attached hydrogen (secondary N) is 1. The van der Waals surface area contributed by atoms with Crippen molar-refractivity contribution in [2.75, 3.05) is 45.0 Å². The third kappa shape index (κ3) is 4.61. The minimum atomic E-state index is -0.0603. The number of nitrogens with zero attached hydrogens (tertiary/aromatic N) is 1. The average Bonchev–Trinajstić information content (AvgIpc) is 3.30. The van der Waals surface area contributed by atoms with Crippen LogP contribution in [0, 0.1) is 0 Å². The second-order valence-corrected chi connectivity index (χ2v) is 5.20. The van der Waals surface area contributed by atoms with E-state index in [0.29, 0.717) is 36.3 Å². The highest BCUT2D eigenvalue weighted by atomic mass is 16.5. The SMILES string of the molecule is COCCN(CC(=O)Nc1ccc(OC)cc1N)C1CC1. The third-order valence-electron chi connectivity index (χ3n) is 3.53. The van der Waals surface area contributed by atoms with Gasteiger partial charge in [0.05, 0.1) is 31.6 Å². The summed E-state index contributed by atoms with van der Waals surface area (Å²) in [7, 11) is 3.25. The molecule has 0 unspecified atom stereocenters. The summed E-state index contributed by atoms with van der Waals surface area (Å²) in [6, 6.07) is 5.73. The van der Waals surface area contributed by atoms with Gasteiger partial charge in [0.25, 0.3) is 0 Å². The van der Waals surface area contributed by atoms with Crippen molar-refractivity contribution in [2.45, 2.75) is 18.9 Å². The molecule has 1 fully saturated rings. The van der Waals surface area contributed by atoms with E-state index in [1.807, 2.05) is 0 Å². The number of benzene rings is 1. The number of ether oxygens (including phenoxy) is 2. The lowest BCUT2D eigenvalue weighted by molar-refractivity contribution is -0.117. The Morgan fingerprint density at radius 1 is 1.43 bits per heavy atom. The predicted molar refractivity (Wildman–Crippen MR) is 82.5 cm³/mol. The van der Waals surface area contributed by atoms with Crippen molar-refractivity contribution in [3.63, 3.8) is 0 Å². The Balaban J connectivity index is 1.91. The number of nitrogens with two attached hydrogens (primary N) is 1. The minimum Gasteiger partial charge on any atom is -0.497 e. The monoisotopic (exact) mass is 293 g/mol. The second-order valence-electron chi connectivity index (χ2n) is 5.20. The van der Waals surface area contributed by atoms with Gasteiger partial charge >= 0.3 is 0 Å². The third-order valence-corrected chi connectivity index (χ3v) is 3.53. The Bertz CT molecular complexity index is 489. The van der Waals surface area contributed by atoms with Gasteiger partial charge in [-0.15, -0.1) is 0 Å². The molecule has 1 amide bonds. The van der Waals surface area contributed by atoms with Crippen molar-refractivity contribution in [1.29, 1.82) is 0 Å². The van der Waals surface area contributed by atoms with Crippen molar-refractivity contribution in [3.05, 3.63) is 18.2 Å². The van der Waals surface area contributed by atoms with Gasteiger partial charge in [-0.05, 0) is 25.0 Å². The van der Waals surface area contributed by atoms with Crippen LogP contribution in [0.25, 0.3) is 0 Å². The summed E-state index contributed by atoms with van der Waals surface area (Å²) in [5, 5.41) is 2.85. The number of amides is 1. The van der Waals surface area contributed by atoms with Crippen LogP contribution >= 0.6 is 0 Å². The van der Waals surface area contributed by atoms with E-state index in [9.17, 15) is 4.79 Å². The molecular formula is C15H23N3O3. The van der Waals surface area contributed by atoms with Gasteiger partial charge in [-0.1, -0.05) is 0 Å². The van der Waals surface area contributed by atoms with Crippen LogP contribution in [0.4, 0.5) is 11.4 Å². The number of carbonyl (C=O) groups excluding carboxylic acids is 1. The largest absolute Gasteiger partial charge is 0.497 e. The molecule has 116 valence electrons. The van der Waals surface area contributed by atoms with Gasteiger partial charge in [0.15, 0.2) is 0 Å². The molecule has 3 N–H and O–H groups in total. The smallest absolute Gasteiger partial charge is 0.238 e. The Labute approximate surface area is 125 Å². The van der Waals surface area contributed by atoms with E-state index >= 15 is 0 Å². The molecule has 0 aromatic heterocycles. The first kappa shape index (κ1) is 15.6. The van der Waals surface area contributed by atoms with E-state index in [2.05, 4.69) is 10.2 Å². The number of hydrogen-bond donors (Lipinski definition) is 2. The molecule has 1 saturated carbocycles. The molecule has 1 aliphatic rings. The number of carbonyl (C=O) groups is 1. The van der Waals surface area contributed by atoms with Gasteiger partial charge in [0.2, 0.25) is 5.91 Å². The molecule has 6 nitrogen and oxygen atoms in total. The van der Waals surface area contributed by atoms with Crippen LogP contribution in [0.5, 0.6) is 5.75 Å². The molecule has 1 aliphatic carbocycles. The van der Waals surface area contributed by atoms with Crippen LogP contribution in [0.3, 0.4) is 0 Å². The highest BCUT2D eigenvalue weighted by Gasteiger charge is 2.29. The molecule has 1 aromatic carbocycles. The van der Waals surface area contributed by atoms with E-state index in [1.165, 1.54) is 0 Å². The molecule has 1 aromatic rings. The summed E-state index contributed by atoms with van der Waals surface area (Å²) in [6.45, 7) is 1.76. The van der Waals surface area contributed by atoms with E-state index in [-0.39, 0.29) is 5.91 Å². The summed E-state index contributed by atoms with van der Waals surface area (Å²) in [4.78, 5) is 14.3. The Morgan fingerprint density at radius 3 is 2.76 bits per heavy atom. The zero-order chi connectivity index (χ0) is 15.2. The summed E-state index contributed by atoms with van der Waals surface area (Å²) >= 11 is 0. The fourth-order valence-corrected chi connectivity index (χ4v) is 2.19. The molecule has 0 spiro atoms. The van der Waals surface area contributed by atoms with Crippen molar-refractivity contribution < 1.29 is 14.3 Å². The quantitative estimate of drug-likeness (QED) is 0.707. The highest BCUT2D eigenvalue weighted by Crippen LogP contribution is 2.27. The molecule has 2 rings (SSSR count). The number of anilines is 2. The lowest BCUT2D eigenvalue weighted by Gasteiger charge is -2.21.